The Kier molecular flexibility index (Phi) is 6.32. The molecule has 1 aliphatic rings. The largest absolute Gasteiger partial charge is 0.516 e. The maximum atomic E-state index is 11.4. The molecule has 3 unspecified atom stereocenters. The van der Waals surface area contributed by atoms with Crippen LogP contribution in [-0.2, 0) is 14.3 Å². The third-order valence-corrected chi connectivity index (χ3v) is 2.34. The summed E-state index contributed by atoms with van der Waals surface area (Å²) in [6.45, 7) is 1.75. The molecule has 1 saturated carbocycles. The van der Waals surface area contributed by atoms with Gasteiger partial charge < -0.3 is 20.3 Å². The van der Waals surface area contributed by atoms with Gasteiger partial charge in [0.15, 0.2) is 0 Å². The van der Waals surface area contributed by atoms with Crippen LogP contribution >= 0.6 is 12.4 Å². The van der Waals surface area contributed by atoms with E-state index in [9.17, 15) is 14.7 Å². The molecule has 0 aliphatic heterocycles. The van der Waals surface area contributed by atoms with Crippen LogP contribution in [0.15, 0.2) is 0 Å². The van der Waals surface area contributed by atoms with Crippen LogP contribution in [0.1, 0.15) is 19.8 Å². The number of nitrogens with two attached hydrogens (primary N) is 1. The SMILES string of the molecule is CCOC(=O)OC(=O)C1CC(O)CC1N.Cl. The predicted octanol–water partition coefficient (Wildman–Crippen LogP) is 0.206. The number of halogens is 1. The first-order chi connectivity index (χ1) is 7.04. The molecule has 1 aliphatic carbocycles. The zero-order valence-electron chi connectivity index (χ0n) is 8.92. The standard InChI is InChI=1S/C9H15NO5.ClH/c1-2-14-9(13)15-8(12)6-3-5(11)4-7(6)10;/h5-7,11H,2-4,10H2,1H3;1H. The summed E-state index contributed by atoms with van der Waals surface area (Å²) in [7, 11) is 0. The molecule has 94 valence electrons. The summed E-state index contributed by atoms with van der Waals surface area (Å²) in [6.07, 6.45) is -1.03. The van der Waals surface area contributed by atoms with E-state index >= 15 is 0 Å². The second-order valence-corrected chi connectivity index (χ2v) is 3.50. The van der Waals surface area contributed by atoms with Gasteiger partial charge in [-0.15, -0.1) is 12.4 Å². The van der Waals surface area contributed by atoms with Crippen molar-refractivity contribution < 1.29 is 24.2 Å². The molecule has 7 heteroatoms. The Morgan fingerprint density at radius 1 is 1.44 bits per heavy atom. The fourth-order valence-electron chi connectivity index (χ4n) is 1.62. The van der Waals surface area contributed by atoms with Crippen LogP contribution in [-0.4, -0.2) is 36.0 Å². The molecule has 0 spiro atoms. The highest BCUT2D eigenvalue weighted by atomic mass is 35.5. The molecule has 0 radical (unpaired) electrons. The summed E-state index contributed by atoms with van der Waals surface area (Å²) in [6, 6.07) is -0.457. The highest BCUT2D eigenvalue weighted by molar-refractivity contribution is 5.85. The van der Waals surface area contributed by atoms with Crippen LogP contribution in [0, 0.1) is 5.92 Å². The van der Waals surface area contributed by atoms with Crippen LogP contribution in [0.4, 0.5) is 4.79 Å². The van der Waals surface area contributed by atoms with E-state index in [4.69, 9.17) is 5.73 Å². The van der Waals surface area contributed by atoms with Gasteiger partial charge in [0, 0.05) is 6.04 Å². The van der Waals surface area contributed by atoms with E-state index in [-0.39, 0.29) is 25.4 Å². The molecule has 0 heterocycles. The normalized spacial score (nSPS) is 28.1. The molecule has 1 rings (SSSR count). The van der Waals surface area contributed by atoms with Gasteiger partial charge >= 0.3 is 12.1 Å². The van der Waals surface area contributed by atoms with E-state index in [1.807, 2.05) is 0 Å². The minimum absolute atomic E-state index is 0. The van der Waals surface area contributed by atoms with E-state index in [0.29, 0.717) is 6.42 Å². The van der Waals surface area contributed by atoms with Crippen molar-refractivity contribution in [2.75, 3.05) is 6.61 Å². The molecule has 0 bridgehead atoms. The van der Waals surface area contributed by atoms with Gasteiger partial charge in [-0.05, 0) is 19.8 Å². The molecular weight excluding hydrogens is 238 g/mol. The first-order valence-corrected chi connectivity index (χ1v) is 4.86. The van der Waals surface area contributed by atoms with Crippen molar-refractivity contribution in [2.45, 2.75) is 31.9 Å². The van der Waals surface area contributed by atoms with Crippen molar-refractivity contribution in [3.63, 3.8) is 0 Å². The quantitative estimate of drug-likeness (QED) is 0.539. The first kappa shape index (κ1) is 15.2. The minimum Gasteiger partial charge on any atom is -0.434 e. The minimum atomic E-state index is -1.02. The fourth-order valence-corrected chi connectivity index (χ4v) is 1.62. The van der Waals surface area contributed by atoms with Gasteiger partial charge in [-0.1, -0.05) is 0 Å². The van der Waals surface area contributed by atoms with E-state index in [2.05, 4.69) is 9.47 Å². The molecule has 3 atom stereocenters. The average Bonchev–Trinajstić information content (AvgIpc) is 2.45. The van der Waals surface area contributed by atoms with Crippen molar-refractivity contribution in [2.24, 2.45) is 11.7 Å². The molecular formula is C9H16ClNO5. The van der Waals surface area contributed by atoms with Crippen LogP contribution < -0.4 is 5.73 Å². The number of carbonyl (C=O) groups is 2. The molecule has 0 aromatic rings. The number of hydrogen-bond acceptors (Lipinski definition) is 6. The molecule has 6 nitrogen and oxygen atoms in total. The average molecular weight is 254 g/mol. The zero-order chi connectivity index (χ0) is 11.4. The lowest BCUT2D eigenvalue weighted by molar-refractivity contribution is -0.144. The van der Waals surface area contributed by atoms with E-state index < -0.39 is 30.2 Å². The molecule has 0 amide bonds. The van der Waals surface area contributed by atoms with Gasteiger partial charge in [0.05, 0.1) is 18.6 Å². The van der Waals surface area contributed by atoms with Crippen molar-refractivity contribution in [1.29, 1.82) is 0 Å². The van der Waals surface area contributed by atoms with Crippen molar-refractivity contribution >= 4 is 24.5 Å². The Bertz CT molecular complexity index is 260. The Labute approximate surface area is 99.5 Å². The zero-order valence-corrected chi connectivity index (χ0v) is 9.74. The van der Waals surface area contributed by atoms with E-state index in [0.717, 1.165) is 0 Å². The number of hydrogen-bond donors (Lipinski definition) is 2. The van der Waals surface area contributed by atoms with Crippen molar-refractivity contribution in [3.8, 4) is 0 Å². The van der Waals surface area contributed by atoms with Gasteiger partial charge in [0.25, 0.3) is 0 Å². The third-order valence-electron chi connectivity index (χ3n) is 2.34. The van der Waals surface area contributed by atoms with Crippen LogP contribution in [0.5, 0.6) is 0 Å². The summed E-state index contributed by atoms with van der Waals surface area (Å²) in [5.74, 6) is -1.35. The highest BCUT2D eigenvalue weighted by Gasteiger charge is 2.37. The predicted molar refractivity (Wildman–Crippen MR) is 57.1 cm³/mol. The maximum Gasteiger partial charge on any atom is 0.516 e. The Morgan fingerprint density at radius 3 is 2.50 bits per heavy atom. The highest BCUT2D eigenvalue weighted by Crippen LogP contribution is 2.25. The lowest BCUT2D eigenvalue weighted by Gasteiger charge is -2.12. The Morgan fingerprint density at radius 2 is 2.06 bits per heavy atom. The monoisotopic (exact) mass is 253 g/mol. The topological polar surface area (TPSA) is 98.8 Å². The number of aliphatic hydroxyl groups is 1. The fraction of sp³-hybridized carbons (Fsp3) is 0.778. The Balaban J connectivity index is 0.00000225. The van der Waals surface area contributed by atoms with Gasteiger partial charge in [-0.3, -0.25) is 4.79 Å². The summed E-state index contributed by atoms with van der Waals surface area (Å²) in [5.41, 5.74) is 5.61. The van der Waals surface area contributed by atoms with Crippen molar-refractivity contribution in [1.82, 2.24) is 0 Å². The lowest BCUT2D eigenvalue weighted by atomic mass is 10.1. The van der Waals surface area contributed by atoms with Gasteiger partial charge in [-0.25, -0.2) is 4.79 Å². The number of aliphatic hydroxyl groups excluding tert-OH is 1. The Hall–Kier alpha value is -0.850. The number of esters is 1. The van der Waals surface area contributed by atoms with Gasteiger partial charge in [0.2, 0.25) is 0 Å². The smallest absolute Gasteiger partial charge is 0.434 e. The summed E-state index contributed by atoms with van der Waals surface area (Å²) >= 11 is 0. The molecule has 3 N–H and O–H groups in total. The molecule has 0 aromatic heterocycles. The lowest BCUT2D eigenvalue weighted by Crippen LogP contribution is -2.33. The van der Waals surface area contributed by atoms with Crippen LogP contribution in [0.2, 0.25) is 0 Å². The van der Waals surface area contributed by atoms with Gasteiger partial charge in [0.1, 0.15) is 0 Å². The summed E-state index contributed by atoms with van der Waals surface area (Å²) < 4.78 is 8.85. The second-order valence-electron chi connectivity index (χ2n) is 3.50. The van der Waals surface area contributed by atoms with Crippen LogP contribution in [0.25, 0.3) is 0 Å². The number of rotatable bonds is 2. The second kappa shape index (κ2) is 6.67. The molecule has 1 fully saturated rings. The summed E-state index contributed by atoms with van der Waals surface area (Å²) in [4.78, 5) is 22.2. The molecule has 16 heavy (non-hydrogen) atoms. The van der Waals surface area contributed by atoms with E-state index in [1.54, 1.807) is 6.92 Å². The van der Waals surface area contributed by atoms with Gasteiger partial charge in [-0.2, -0.15) is 0 Å². The van der Waals surface area contributed by atoms with Crippen LogP contribution in [0.3, 0.4) is 0 Å². The number of carbonyl (C=O) groups excluding carboxylic acids is 2. The van der Waals surface area contributed by atoms with E-state index in [1.165, 1.54) is 0 Å². The third kappa shape index (κ3) is 3.96. The molecule has 0 aromatic carbocycles. The van der Waals surface area contributed by atoms with Crippen molar-refractivity contribution in [3.05, 3.63) is 0 Å². The molecule has 0 saturated heterocycles. The maximum absolute atomic E-state index is 11.4. The summed E-state index contributed by atoms with van der Waals surface area (Å²) in [5, 5.41) is 9.25. The first-order valence-electron chi connectivity index (χ1n) is 4.86. The number of ether oxygens (including phenoxy) is 2.